The van der Waals surface area contributed by atoms with Crippen LogP contribution in [0.2, 0.25) is 0 Å². The number of carbonyl (C=O) groups excluding carboxylic acids is 3. The van der Waals surface area contributed by atoms with Crippen molar-refractivity contribution in [2.45, 2.75) is 106 Å². The van der Waals surface area contributed by atoms with E-state index in [1.807, 2.05) is 30.6 Å². The van der Waals surface area contributed by atoms with Gasteiger partial charge in [-0.1, -0.05) is 61.3 Å². The standard InChI is InChI=1S/C25H47N3O3/c1-9-10-11-12-21(29)26-23(18(2)3)24(31)27-13-14-28(20(5)17-27)22(30)15-19(4)16-25(6,7)8/h18-20,23H,9-17H2,1-8H3,(H,26,29). The first-order chi connectivity index (χ1) is 14.4. The fourth-order valence-electron chi connectivity index (χ4n) is 4.55. The summed E-state index contributed by atoms with van der Waals surface area (Å²) in [5.41, 5.74) is 0.212. The summed E-state index contributed by atoms with van der Waals surface area (Å²) < 4.78 is 0. The molecule has 1 aliphatic rings. The lowest BCUT2D eigenvalue weighted by Crippen LogP contribution is -2.60. The normalized spacial score (nSPS) is 19.3. The van der Waals surface area contributed by atoms with Crippen LogP contribution in [-0.2, 0) is 14.4 Å². The van der Waals surface area contributed by atoms with E-state index in [-0.39, 0.29) is 35.1 Å². The van der Waals surface area contributed by atoms with Crippen molar-refractivity contribution in [3.8, 4) is 0 Å². The molecule has 0 aromatic carbocycles. The Balaban J connectivity index is 2.65. The Bertz CT molecular complexity index is 597. The molecule has 0 saturated carbocycles. The highest BCUT2D eigenvalue weighted by Gasteiger charge is 2.34. The molecular formula is C25H47N3O3. The van der Waals surface area contributed by atoms with E-state index >= 15 is 0 Å². The molecule has 0 radical (unpaired) electrons. The average molecular weight is 438 g/mol. The molecule has 0 aromatic heterocycles. The molecule has 0 bridgehead atoms. The quantitative estimate of drug-likeness (QED) is 0.520. The summed E-state index contributed by atoms with van der Waals surface area (Å²) in [5.74, 6) is 0.471. The molecule has 3 amide bonds. The molecule has 1 heterocycles. The van der Waals surface area contributed by atoms with E-state index in [1.54, 1.807) is 0 Å². The first-order valence-electron chi connectivity index (χ1n) is 12.2. The maximum Gasteiger partial charge on any atom is 0.245 e. The molecule has 180 valence electrons. The van der Waals surface area contributed by atoms with E-state index in [0.717, 1.165) is 25.7 Å². The second-order valence-electron chi connectivity index (χ2n) is 11.0. The molecule has 3 unspecified atom stereocenters. The van der Waals surface area contributed by atoms with Crippen molar-refractivity contribution in [2.24, 2.45) is 17.3 Å². The molecule has 1 N–H and O–H groups in total. The monoisotopic (exact) mass is 437 g/mol. The summed E-state index contributed by atoms with van der Waals surface area (Å²) in [4.78, 5) is 42.1. The molecule has 1 aliphatic heterocycles. The third-order valence-corrected chi connectivity index (χ3v) is 6.00. The minimum Gasteiger partial charge on any atom is -0.344 e. The van der Waals surface area contributed by atoms with Gasteiger partial charge in [0.15, 0.2) is 0 Å². The summed E-state index contributed by atoms with van der Waals surface area (Å²) in [6.07, 6.45) is 4.98. The molecule has 6 nitrogen and oxygen atoms in total. The number of hydrogen-bond donors (Lipinski definition) is 1. The number of piperazine rings is 1. The summed E-state index contributed by atoms with van der Waals surface area (Å²) in [6, 6.07) is -0.518. The van der Waals surface area contributed by atoms with E-state index in [1.165, 1.54) is 0 Å². The number of amides is 3. The number of carbonyl (C=O) groups is 3. The summed E-state index contributed by atoms with van der Waals surface area (Å²) in [7, 11) is 0. The Morgan fingerprint density at radius 3 is 2.23 bits per heavy atom. The van der Waals surface area contributed by atoms with Crippen LogP contribution >= 0.6 is 0 Å². The number of rotatable bonds is 10. The van der Waals surface area contributed by atoms with E-state index in [9.17, 15) is 14.4 Å². The number of nitrogens with one attached hydrogen (secondary N) is 1. The van der Waals surface area contributed by atoms with Crippen LogP contribution in [0.1, 0.15) is 93.9 Å². The summed E-state index contributed by atoms with van der Waals surface area (Å²) in [6.45, 7) is 18.4. The van der Waals surface area contributed by atoms with E-state index < -0.39 is 6.04 Å². The summed E-state index contributed by atoms with van der Waals surface area (Å²) >= 11 is 0. The van der Waals surface area contributed by atoms with Crippen molar-refractivity contribution in [1.82, 2.24) is 15.1 Å². The van der Waals surface area contributed by atoms with Gasteiger partial charge in [0.2, 0.25) is 17.7 Å². The van der Waals surface area contributed by atoms with Gasteiger partial charge in [0.1, 0.15) is 6.04 Å². The molecule has 0 aromatic rings. The number of nitrogens with zero attached hydrogens (tertiary/aromatic N) is 2. The van der Waals surface area contributed by atoms with Gasteiger partial charge in [0.05, 0.1) is 0 Å². The van der Waals surface area contributed by atoms with Crippen molar-refractivity contribution < 1.29 is 14.4 Å². The zero-order chi connectivity index (χ0) is 23.8. The maximum atomic E-state index is 13.2. The fourth-order valence-corrected chi connectivity index (χ4v) is 4.55. The third-order valence-electron chi connectivity index (χ3n) is 6.00. The third kappa shape index (κ3) is 9.61. The Morgan fingerprint density at radius 1 is 1.06 bits per heavy atom. The summed E-state index contributed by atoms with van der Waals surface area (Å²) in [5, 5.41) is 2.96. The van der Waals surface area contributed by atoms with Crippen molar-refractivity contribution >= 4 is 17.7 Å². The van der Waals surface area contributed by atoms with E-state index in [0.29, 0.717) is 38.4 Å². The molecule has 6 heteroatoms. The molecule has 1 fully saturated rings. The lowest BCUT2D eigenvalue weighted by molar-refractivity contribution is -0.145. The van der Waals surface area contributed by atoms with Crippen molar-refractivity contribution in [3.63, 3.8) is 0 Å². The largest absolute Gasteiger partial charge is 0.344 e. The second-order valence-corrected chi connectivity index (χ2v) is 11.0. The lowest BCUT2D eigenvalue weighted by Gasteiger charge is -2.42. The average Bonchev–Trinajstić information content (AvgIpc) is 2.63. The van der Waals surface area contributed by atoms with Crippen LogP contribution in [-0.4, -0.2) is 59.2 Å². The van der Waals surface area contributed by atoms with Crippen LogP contribution in [0.3, 0.4) is 0 Å². The molecule has 31 heavy (non-hydrogen) atoms. The molecule has 1 rings (SSSR count). The second kappa shape index (κ2) is 12.4. The molecule has 1 saturated heterocycles. The van der Waals surface area contributed by atoms with Crippen LogP contribution < -0.4 is 5.32 Å². The molecular weight excluding hydrogens is 390 g/mol. The van der Waals surface area contributed by atoms with Gasteiger partial charge < -0.3 is 15.1 Å². The van der Waals surface area contributed by atoms with Gasteiger partial charge >= 0.3 is 0 Å². The van der Waals surface area contributed by atoms with E-state index in [4.69, 9.17) is 0 Å². The Labute approximate surface area is 190 Å². The lowest BCUT2D eigenvalue weighted by atomic mass is 9.84. The smallest absolute Gasteiger partial charge is 0.245 e. The highest BCUT2D eigenvalue weighted by atomic mass is 16.2. The predicted molar refractivity (Wildman–Crippen MR) is 127 cm³/mol. The van der Waals surface area contributed by atoms with Crippen molar-refractivity contribution in [2.75, 3.05) is 19.6 Å². The van der Waals surface area contributed by atoms with Gasteiger partial charge in [-0.2, -0.15) is 0 Å². The molecule has 0 spiro atoms. The topological polar surface area (TPSA) is 69.7 Å². The Kier molecular flexibility index (Phi) is 11.0. The van der Waals surface area contributed by atoms with Gasteiger partial charge in [-0.15, -0.1) is 0 Å². The Hall–Kier alpha value is -1.59. The number of unbranched alkanes of at least 4 members (excludes halogenated alkanes) is 2. The SMILES string of the molecule is CCCCCC(=O)NC(C(=O)N1CCN(C(=O)CC(C)CC(C)(C)C)C(C)C1)C(C)C. The predicted octanol–water partition coefficient (Wildman–Crippen LogP) is 4.23. The number of hydrogen-bond acceptors (Lipinski definition) is 3. The fraction of sp³-hybridized carbons (Fsp3) is 0.880. The van der Waals surface area contributed by atoms with Crippen molar-refractivity contribution in [1.29, 1.82) is 0 Å². The van der Waals surface area contributed by atoms with Gasteiger partial charge in [-0.3, -0.25) is 14.4 Å². The molecule has 3 atom stereocenters. The first kappa shape index (κ1) is 27.4. The maximum absolute atomic E-state index is 13.2. The zero-order valence-corrected chi connectivity index (χ0v) is 21.3. The van der Waals surface area contributed by atoms with Gasteiger partial charge in [0.25, 0.3) is 0 Å². The minimum absolute atomic E-state index is 0.0138. The zero-order valence-electron chi connectivity index (χ0n) is 21.3. The highest BCUT2D eigenvalue weighted by molar-refractivity contribution is 5.88. The van der Waals surface area contributed by atoms with Crippen LogP contribution in [0, 0.1) is 17.3 Å². The highest BCUT2D eigenvalue weighted by Crippen LogP contribution is 2.27. The van der Waals surface area contributed by atoms with Crippen LogP contribution in [0.4, 0.5) is 0 Å². The van der Waals surface area contributed by atoms with Crippen molar-refractivity contribution in [3.05, 3.63) is 0 Å². The van der Waals surface area contributed by atoms with Gasteiger partial charge in [-0.25, -0.2) is 0 Å². The van der Waals surface area contributed by atoms with Crippen LogP contribution in [0.25, 0.3) is 0 Å². The van der Waals surface area contributed by atoms with Crippen LogP contribution in [0.5, 0.6) is 0 Å². The Morgan fingerprint density at radius 2 is 1.71 bits per heavy atom. The first-order valence-corrected chi connectivity index (χ1v) is 12.2. The van der Waals surface area contributed by atoms with Gasteiger partial charge in [-0.05, 0) is 37.0 Å². The van der Waals surface area contributed by atoms with E-state index in [2.05, 4.69) is 39.9 Å². The molecule has 0 aliphatic carbocycles. The minimum atomic E-state index is -0.504. The van der Waals surface area contributed by atoms with Gasteiger partial charge in [0, 0.05) is 38.5 Å². The van der Waals surface area contributed by atoms with Crippen LogP contribution in [0.15, 0.2) is 0 Å².